The molecule has 0 aromatic rings. The molecule has 0 atom stereocenters. The third-order valence-electron chi connectivity index (χ3n) is 1.90. The van der Waals surface area contributed by atoms with E-state index in [0.717, 1.165) is 12.8 Å². The molecule has 0 bridgehead atoms. The molecule has 0 rings (SSSR count). The minimum absolute atomic E-state index is 1.10. The molecule has 0 fully saturated rings. The van der Waals surface area contributed by atoms with E-state index in [-0.39, 0.29) is 0 Å². The second-order valence-corrected chi connectivity index (χ2v) is 3.26. The van der Waals surface area contributed by atoms with Crippen LogP contribution in [-0.2, 0) is 0 Å². The van der Waals surface area contributed by atoms with Crippen molar-refractivity contribution in [1.29, 1.82) is 0 Å². The fraction of sp³-hybridized carbons (Fsp3) is 0.500. The molecule has 1 heteroatoms. The van der Waals surface area contributed by atoms with Crippen LogP contribution in [0.25, 0.3) is 0 Å². The van der Waals surface area contributed by atoms with Gasteiger partial charge in [-0.3, -0.25) is 0 Å². The van der Waals surface area contributed by atoms with E-state index in [1.165, 1.54) is 11.3 Å². The minimum atomic E-state index is 1.10. The SMILES string of the molecule is C=C/C(CCC)=C(\C=C/C)N(C)C. The Morgan fingerprint density at radius 3 is 2.31 bits per heavy atom. The van der Waals surface area contributed by atoms with Gasteiger partial charge in [0.2, 0.25) is 0 Å². The van der Waals surface area contributed by atoms with Gasteiger partial charge in [-0.05, 0) is 25.0 Å². The van der Waals surface area contributed by atoms with Crippen molar-refractivity contribution in [3.05, 3.63) is 36.1 Å². The van der Waals surface area contributed by atoms with Gasteiger partial charge in [0.15, 0.2) is 0 Å². The summed E-state index contributed by atoms with van der Waals surface area (Å²) in [6, 6.07) is 0. The van der Waals surface area contributed by atoms with Gasteiger partial charge in [-0.15, -0.1) is 0 Å². The van der Waals surface area contributed by atoms with Gasteiger partial charge < -0.3 is 4.90 Å². The quantitative estimate of drug-likeness (QED) is 0.585. The molecule has 0 saturated heterocycles. The third-order valence-corrected chi connectivity index (χ3v) is 1.90. The van der Waals surface area contributed by atoms with Crippen LogP contribution in [0, 0.1) is 0 Å². The zero-order chi connectivity index (χ0) is 10.3. The highest BCUT2D eigenvalue weighted by molar-refractivity contribution is 5.30. The van der Waals surface area contributed by atoms with Crippen molar-refractivity contribution in [2.75, 3.05) is 14.1 Å². The van der Waals surface area contributed by atoms with E-state index in [2.05, 4.69) is 44.6 Å². The Hall–Kier alpha value is -0.980. The highest BCUT2D eigenvalue weighted by atomic mass is 15.1. The van der Waals surface area contributed by atoms with Gasteiger partial charge in [0.1, 0.15) is 0 Å². The van der Waals surface area contributed by atoms with Gasteiger partial charge in [0.05, 0.1) is 0 Å². The molecule has 0 unspecified atom stereocenters. The summed E-state index contributed by atoms with van der Waals surface area (Å²) < 4.78 is 0. The number of nitrogens with zero attached hydrogens (tertiary/aromatic N) is 1. The van der Waals surface area contributed by atoms with Gasteiger partial charge in [-0.1, -0.05) is 32.1 Å². The van der Waals surface area contributed by atoms with Crippen molar-refractivity contribution >= 4 is 0 Å². The normalized spacial score (nSPS) is 12.9. The minimum Gasteiger partial charge on any atom is -0.377 e. The van der Waals surface area contributed by atoms with E-state index in [1.807, 2.05) is 13.0 Å². The Labute approximate surface area is 82.4 Å². The smallest absolute Gasteiger partial charge is 0.0390 e. The van der Waals surface area contributed by atoms with E-state index >= 15 is 0 Å². The summed E-state index contributed by atoms with van der Waals surface area (Å²) in [4.78, 5) is 2.13. The van der Waals surface area contributed by atoms with Crippen LogP contribution in [0.4, 0.5) is 0 Å². The lowest BCUT2D eigenvalue weighted by Crippen LogP contribution is -2.11. The summed E-state index contributed by atoms with van der Waals surface area (Å²) in [6.07, 6.45) is 8.41. The van der Waals surface area contributed by atoms with Crippen molar-refractivity contribution in [2.24, 2.45) is 0 Å². The predicted molar refractivity (Wildman–Crippen MR) is 60.6 cm³/mol. The number of rotatable bonds is 5. The van der Waals surface area contributed by atoms with Crippen LogP contribution in [0.5, 0.6) is 0 Å². The van der Waals surface area contributed by atoms with E-state index in [1.54, 1.807) is 0 Å². The first kappa shape index (κ1) is 12.0. The fourth-order valence-electron chi connectivity index (χ4n) is 1.31. The van der Waals surface area contributed by atoms with Gasteiger partial charge in [0.25, 0.3) is 0 Å². The van der Waals surface area contributed by atoms with Gasteiger partial charge in [-0.2, -0.15) is 0 Å². The third kappa shape index (κ3) is 3.97. The molecule has 0 radical (unpaired) electrons. The van der Waals surface area contributed by atoms with Crippen LogP contribution in [0.15, 0.2) is 36.1 Å². The van der Waals surface area contributed by atoms with Gasteiger partial charge in [-0.25, -0.2) is 0 Å². The Balaban J connectivity index is 4.87. The number of hydrogen-bond acceptors (Lipinski definition) is 1. The lowest BCUT2D eigenvalue weighted by Gasteiger charge is -2.17. The standard InChI is InChI=1S/C12H21N/c1-6-9-11(8-3)12(10-7-2)13(4)5/h7-8,10H,3,6,9H2,1-2,4-5H3/b10-7-,12-11-. The summed E-state index contributed by atoms with van der Waals surface area (Å²) >= 11 is 0. The molecule has 13 heavy (non-hydrogen) atoms. The monoisotopic (exact) mass is 179 g/mol. The summed E-state index contributed by atoms with van der Waals surface area (Å²) in [5.41, 5.74) is 2.59. The molecule has 0 aliphatic rings. The highest BCUT2D eigenvalue weighted by Gasteiger charge is 2.01. The number of hydrogen-bond donors (Lipinski definition) is 0. The summed E-state index contributed by atoms with van der Waals surface area (Å²) in [6.45, 7) is 8.07. The topological polar surface area (TPSA) is 3.24 Å². The maximum atomic E-state index is 3.85. The molecule has 0 heterocycles. The molecule has 1 nitrogen and oxygen atoms in total. The molecule has 0 saturated carbocycles. The Kier molecular flexibility index (Phi) is 6.03. The van der Waals surface area contributed by atoms with Crippen molar-refractivity contribution in [3.63, 3.8) is 0 Å². The largest absolute Gasteiger partial charge is 0.377 e. The second-order valence-electron chi connectivity index (χ2n) is 3.26. The average molecular weight is 179 g/mol. The first-order valence-electron chi connectivity index (χ1n) is 4.82. The molecular formula is C12H21N. The Bertz CT molecular complexity index is 209. The zero-order valence-corrected chi connectivity index (χ0v) is 9.30. The van der Waals surface area contributed by atoms with Crippen LogP contribution >= 0.6 is 0 Å². The highest BCUT2D eigenvalue weighted by Crippen LogP contribution is 2.15. The first-order valence-corrected chi connectivity index (χ1v) is 4.82. The molecule has 0 spiro atoms. The van der Waals surface area contributed by atoms with Crippen molar-refractivity contribution in [2.45, 2.75) is 26.7 Å². The van der Waals surface area contributed by atoms with Crippen LogP contribution in [-0.4, -0.2) is 19.0 Å². The van der Waals surface area contributed by atoms with Crippen molar-refractivity contribution in [1.82, 2.24) is 4.90 Å². The van der Waals surface area contributed by atoms with Crippen molar-refractivity contribution in [3.8, 4) is 0 Å². The van der Waals surface area contributed by atoms with E-state index in [0.29, 0.717) is 0 Å². The fourth-order valence-corrected chi connectivity index (χ4v) is 1.31. The Morgan fingerprint density at radius 2 is 2.00 bits per heavy atom. The maximum absolute atomic E-state index is 3.85. The van der Waals surface area contributed by atoms with Gasteiger partial charge in [0, 0.05) is 19.8 Å². The van der Waals surface area contributed by atoms with Crippen LogP contribution < -0.4 is 0 Å². The van der Waals surface area contributed by atoms with Crippen LogP contribution in [0.3, 0.4) is 0 Å². The lowest BCUT2D eigenvalue weighted by molar-refractivity contribution is 0.521. The van der Waals surface area contributed by atoms with Crippen LogP contribution in [0.1, 0.15) is 26.7 Å². The van der Waals surface area contributed by atoms with Gasteiger partial charge >= 0.3 is 0 Å². The summed E-state index contributed by atoms with van der Waals surface area (Å²) in [5, 5.41) is 0. The molecule has 0 aliphatic carbocycles. The molecule has 74 valence electrons. The zero-order valence-electron chi connectivity index (χ0n) is 9.30. The first-order chi connectivity index (χ1) is 6.17. The molecular weight excluding hydrogens is 158 g/mol. The molecule has 0 aliphatic heterocycles. The lowest BCUT2D eigenvalue weighted by atomic mass is 10.1. The molecule has 0 aromatic carbocycles. The summed E-state index contributed by atoms with van der Waals surface area (Å²) in [5.74, 6) is 0. The maximum Gasteiger partial charge on any atom is 0.0390 e. The number of allylic oxidation sites excluding steroid dienone is 4. The molecule has 0 aromatic heterocycles. The van der Waals surface area contributed by atoms with E-state index in [9.17, 15) is 0 Å². The Morgan fingerprint density at radius 1 is 1.38 bits per heavy atom. The molecule has 0 N–H and O–H groups in total. The second kappa shape index (κ2) is 6.53. The molecule has 0 amide bonds. The summed E-state index contributed by atoms with van der Waals surface area (Å²) in [7, 11) is 4.13. The van der Waals surface area contributed by atoms with E-state index in [4.69, 9.17) is 0 Å². The van der Waals surface area contributed by atoms with Crippen molar-refractivity contribution < 1.29 is 0 Å². The predicted octanol–water partition coefficient (Wildman–Crippen LogP) is 3.36. The average Bonchev–Trinajstić information content (AvgIpc) is 2.10. The van der Waals surface area contributed by atoms with Crippen LogP contribution in [0.2, 0.25) is 0 Å². The van der Waals surface area contributed by atoms with E-state index < -0.39 is 0 Å². The number of likely N-dealkylation sites (N-methyl/N-ethyl adjacent to an activating group) is 1.